The van der Waals surface area contributed by atoms with Crippen LogP contribution in [0.15, 0.2) is 35.4 Å². The van der Waals surface area contributed by atoms with Gasteiger partial charge >= 0.3 is 0 Å². The third-order valence-electron chi connectivity index (χ3n) is 2.26. The predicted molar refractivity (Wildman–Crippen MR) is 56.3 cm³/mol. The molecular formula is C10H12N4O. The van der Waals surface area contributed by atoms with Gasteiger partial charge in [0.15, 0.2) is 0 Å². The van der Waals surface area contributed by atoms with Gasteiger partial charge in [-0.2, -0.15) is 0 Å². The summed E-state index contributed by atoms with van der Waals surface area (Å²) in [6.45, 7) is 0. The normalized spacial score (nSPS) is 12.7. The van der Waals surface area contributed by atoms with Gasteiger partial charge in [0.05, 0.1) is 0 Å². The van der Waals surface area contributed by atoms with Crippen LogP contribution in [-0.2, 0) is 7.05 Å². The van der Waals surface area contributed by atoms with Gasteiger partial charge in [-0.25, -0.2) is 4.98 Å². The van der Waals surface area contributed by atoms with E-state index in [2.05, 4.69) is 9.97 Å². The van der Waals surface area contributed by atoms with Crippen molar-refractivity contribution in [2.24, 2.45) is 12.8 Å². The van der Waals surface area contributed by atoms with Crippen molar-refractivity contribution in [2.45, 2.75) is 6.04 Å². The number of hydrogen-bond donors (Lipinski definition) is 2. The summed E-state index contributed by atoms with van der Waals surface area (Å²) in [6, 6.07) is 4.51. The predicted octanol–water partition coefficient (Wildman–Crippen LogP) is 0.156. The zero-order valence-electron chi connectivity index (χ0n) is 8.34. The number of nitrogens with one attached hydrogen (secondary N) is 1. The lowest BCUT2D eigenvalue weighted by molar-refractivity contribution is 0.698. The van der Waals surface area contributed by atoms with Gasteiger partial charge in [-0.15, -0.1) is 0 Å². The number of aryl methyl sites for hydroxylation is 1. The Kier molecular flexibility index (Phi) is 2.39. The molecule has 2 heterocycles. The summed E-state index contributed by atoms with van der Waals surface area (Å²) in [6.07, 6.45) is 3.49. The fourth-order valence-electron chi connectivity index (χ4n) is 1.46. The van der Waals surface area contributed by atoms with E-state index in [0.29, 0.717) is 5.69 Å². The van der Waals surface area contributed by atoms with Crippen molar-refractivity contribution >= 4 is 0 Å². The lowest BCUT2D eigenvalue weighted by Gasteiger charge is -2.10. The number of nitrogens with two attached hydrogens (primary N) is 1. The summed E-state index contributed by atoms with van der Waals surface area (Å²) in [5.74, 6) is 0.719. The van der Waals surface area contributed by atoms with Crippen LogP contribution in [0.5, 0.6) is 0 Å². The number of imidazole rings is 1. The maximum atomic E-state index is 11.1. The molecule has 0 aromatic carbocycles. The van der Waals surface area contributed by atoms with E-state index in [1.165, 1.54) is 6.07 Å². The number of rotatable bonds is 2. The van der Waals surface area contributed by atoms with Crippen molar-refractivity contribution < 1.29 is 0 Å². The number of H-pyrrole nitrogens is 1. The van der Waals surface area contributed by atoms with E-state index in [4.69, 9.17) is 5.73 Å². The maximum absolute atomic E-state index is 11.1. The molecule has 0 aliphatic rings. The molecule has 0 radical (unpaired) electrons. The number of aromatic amines is 1. The Balaban J connectivity index is 2.41. The van der Waals surface area contributed by atoms with Gasteiger partial charge in [-0.05, 0) is 6.07 Å². The van der Waals surface area contributed by atoms with Crippen molar-refractivity contribution in [1.82, 2.24) is 14.5 Å². The first kappa shape index (κ1) is 9.67. The Morgan fingerprint density at radius 3 is 2.93 bits per heavy atom. The average molecular weight is 204 g/mol. The summed E-state index contributed by atoms with van der Waals surface area (Å²) in [7, 11) is 1.86. The van der Waals surface area contributed by atoms with Gasteiger partial charge in [-0.1, -0.05) is 6.07 Å². The molecular weight excluding hydrogens is 192 g/mol. The summed E-state index contributed by atoms with van der Waals surface area (Å²) in [4.78, 5) is 17.9. The van der Waals surface area contributed by atoms with Crippen molar-refractivity contribution in [3.8, 4) is 0 Å². The summed E-state index contributed by atoms with van der Waals surface area (Å²) in [5, 5.41) is 0. The highest BCUT2D eigenvalue weighted by Crippen LogP contribution is 2.13. The molecule has 0 fully saturated rings. The van der Waals surface area contributed by atoms with E-state index in [1.54, 1.807) is 18.3 Å². The Morgan fingerprint density at radius 2 is 2.33 bits per heavy atom. The Bertz CT molecular complexity index is 514. The van der Waals surface area contributed by atoms with Gasteiger partial charge in [0, 0.05) is 31.2 Å². The third-order valence-corrected chi connectivity index (χ3v) is 2.26. The number of hydrogen-bond acceptors (Lipinski definition) is 3. The van der Waals surface area contributed by atoms with Crippen molar-refractivity contribution in [2.75, 3.05) is 0 Å². The Hall–Kier alpha value is -1.88. The zero-order valence-corrected chi connectivity index (χ0v) is 8.34. The first-order valence-corrected chi connectivity index (χ1v) is 4.60. The largest absolute Gasteiger partial charge is 0.336 e. The Labute approximate surface area is 86.6 Å². The van der Waals surface area contributed by atoms with Gasteiger partial charge in [-0.3, -0.25) is 4.79 Å². The van der Waals surface area contributed by atoms with E-state index in [-0.39, 0.29) is 5.56 Å². The highest BCUT2D eigenvalue weighted by Gasteiger charge is 2.13. The molecule has 3 N–H and O–H groups in total. The fraction of sp³-hybridized carbons (Fsp3) is 0.200. The van der Waals surface area contributed by atoms with Crippen LogP contribution in [0.25, 0.3) is 0 Å². The van der Waals surface area contributed by atoms with Crippen LogP contribution in [0, 0.1) is 0 Å². The minimum absolute atomic E-state index is 0.155. The topological polar surface area (TPSA) is 76.7 Å². The number of nitrogens with zero attached hydrogens (tertiary/aromatic N) is 2. The second kappa shape index (κ2) is 3.70. The van der Waals surface area contributed by atoms with Crippen LogP contribution in [0.3, 0.4) is 0 Å². The second-order valence-electron chi connectivity index (χ2n) is 3.34. The SMILES string of the molecule is Cn1ccnc1C(N)c1cccc(=O)[nH]1. The monoisotopic (exact) mass is 204 g/mol. The number of aromatic nitrogens is 3. The van der Waals surface area contributed by atoms with Crippen molar-refractivity contribution in [3.05, 3.63) is 52.5 Å². The van der Waals surface area contributed by atoms with Crippen LogP contribution < -0.4 is 11.3 Å². The molecule has 2 aromatic rings. The molecule has 1 atom stereocenters. The summed E-state index contributed by atoms with van der Waals surface area (Å²) in [5.41, 5.74) is 6.49. The standard InChI is InChI=1S/C10H12N4O/c1-14-6-5-12-10(14)9(11)7-3-2-4-8(15)13-7/h2-6,9H,11H2,1H3,(H,13,15). The molecule has 5 heteroatoms. The first-order valence-electron chi connectivity index (χ1n) is 4.60. The highest BCUT2D eigenvalue weighted by molar-refractivity contribution is 5.16. The van der Waals surface area contributed by atoms with Crippen LogP contribution in [0.4, 0.5) is 0 Å². The lowest BCUT2D eigenvalue weighted by atomic mass is 10.2. The van der Waals surface area contributed by atoms with Crippen LogP contribution in [0.2, 0.25) is 0 Å². The minimum Gasteiger partial charge on any atom is -0.336 e. The van der Waals surface area contributed by atoms with Crippen LogP contribution in [-0.4, -0.2) is 14.5 Å². The molecule has 5 nitrogen and oxygen atoms in total. The van der Waals surface area contributed by atoms with E-state index >= 15 is 0 Å². The van der Waals surface area contributed by atoms with Crippen LogP contribution in [0.1, 0.15) is 17.6 Å². The lowest BCUT2D eigenvalue weighted by Crippen LogP contribution is -2.20. The molecule has 0 spiro atoms. The highest BCUT2D eigenvalue weighted by atomic mass is 16.1. The molecule has 2 rings (SSSR count). The first-order chi connectivity index (χ1) is 7.18. The molecule has 0 aliphatic carbocycles. The summed E-state index contributed by atoms with van der Waals surface area (Å²) < 4.78 is 1.83. The van der Waals surface area contributed by atoms with Gasteiger partial charge in [0.25, 0.3) is 0 Å². The van der Waals surface area contributed by atoms with Gasteiger partial charge in [0.2, 0.25) is 5.56 Å². The number of pyridine rings is 1. The molecule has 0 aliphatic heterocycles. The van der Waals surface area contributed by atoms with Crippen molar-refractivity contribution in [1.29, 1.82) is 0 Å². The molecule has 0 saturated carbocycles. The zero-order chi connectivity index (χ0) is 10.8. The van der Waals surface area contributed by atoms with Gasteiger partial charge < -0.3 is 15.3 Å². The summed E-state index contributed by atoms with van der Waals surface area (Å²) >= 11 is 0. The molecule has 1 unspecified atom stereocenters. The molecule has 2 aromatic heterocycles. The molecule has 0 bridgehead atoms. The quantitative estimate of drug-likeness (QED) is 0.731. The smallest absolute Gasteiger partial charge is 0.248 e. The van der Waals surface area contributed by atoms with Gasteiger partial charge in [0.1, 0.15) is 11.9 Å². The van der Waals surface area contributed by atoms with E-state index in [0.717, 1.165) is 5.82 Å². The molecule has 78 valence electrons. The molecule has 15 heavy (non-hydrogen) atoms. The van der Waals surface area contributed by atoms with Crippen molar-refractivity contribution in [3.63, 3.8) is 0 Å². The molecule has 0 amide bonds. The second-order valence-corrected chi connectivity index (χ2v) is 3.34. The van der Waals surface area contributed by atoms with Crippen LogP contribution >= 0.6 is 0 Å². The minimum atomic E-state index is -0.404. The maximum Gasteiger partial charge on any atom is 0.248 e. The van der Waals surface area contributed by atoms with E-state index in [9.17, 15) is 4.79 Å². The van der Waals surface area contributed by atoms with E-state index in [1.807, 2.05) is 17.8 Å². The third kappa shape index (κ3) is 1.82. The Morgan fingerprint density at radius 1 is 1.53 bits per heavy atom. The van der Waals surface area contributed by atoms with E-state index < -0.39 is 6.04 Å². The fourth-order valence-corrected chi connectivity index (χ4v) is 1.46. The average Bonchev–Trinajstić information content (AvgIpc) is 2.63. The molecule has 0 saturated heterocycles.